The molecule has 24 heavy (non-hydrogen) atoms. The van der Waals surface area contributed by atoms with E-state index in [1.165, 1.54) is 12.8 Å². The normalized spacial score (nSPS) is 17.7. The van der Waals surface area contributed by atoms with Gasteiger partial charge < -0.3 is 9.64 Å². The lowest BCUT2D eigenvalue weighted by Gasteiger charge is -2.41. The zero-order valence-corrected chi connectivity index (χ0v) is 14.2. The number of aromatic nitrogens is 4. The molecule has 1 spiro atoms. The summed E-state index contributed by atoms with van der Waals surface area (Å²) < 4.78 is 6.45. The van der Waals surface area contributed by atoms with Crippen molar-refractivity contribution >= 4 is 23.4 Å². The van der Waals surface area contributed by atoms with Gasteiger partial charge >= 0.3 is 5.97 Å². The van der Waals surface area contributed by atoms with Gasteiger partial charge in [0, 0.05) is 24.1 Å². The van der Waals surface area contributed by atoms with Crippen molar-refractivity contribution in [2.75, 3.05) is 24.6 Å². The van der Waals surface area contributed by atoms with Crippen molar-refractivity contribution in [3.8, 4) is 0 Å². The minimum Gasteiger partial charge on any atom is -0.461 e. The van der Waals surface area contributed by atoms with Gasteiger partial charge in [-0.05, 0) is 25.8 Å². The van der Waals surface area contributed by atoms with Crippen molar-refractivity contribution in [3.63, 3.8) is 0 Å². The van der Waals surface area contributed by atoms with Crippen LogP contribution in [0.25, 0.3) is 0 Å². The van der Waals surface area contributed by atoms with E-state index in [1.807, 2.05) is 12.1 Å². The molecule has 2 fully saturated rings. The highest BCUT2D eigenvalue weighted by Crippen LogP contribution is 2.53. The Bertz CT molecular complexity index is 779. The van der Waals surface area contributed by atoms with E-state index >= 15 is 0 Å². The van der Waals surface area contributed by atoms with E-state index < -0.39 is 5.97 Å². The van der Waals surface area contributed by atoms with Gasteiger partial charge in [-0.2, -0.15) is 0 Å². The Morgan fingerprint density at radius 2 is 2.17 bits per heavy atom. The van der Waals surface area contributed by atoms with Crippen LogP contribution in [0.3, 0.4) is 0 Å². The molecule has 8 heteroatoms. The molecule has 2 aliphatic rings. The average Bonchev–Trinajstić information content (AvgIpc) is 3.20. The van der Waals surface area contributed by atoms with Crippen LogP contribution in [0, 0.1) is 5.41 Å². The molecule has 126 valence electrons. The summed E-state index contributed by atoms with van der Waals surface area (Å²) in [5.41, 5.74) is 1.60. The Kier molecular flexibility index (Phi) is 3.68. The van der Waals surface area contributed by atoms with Gasteiger partial charge in [-0.1, -0.05) is 22.9 Å². The molecular formula is C16H18ClN5O2. The molecule has 0 radical (unpaired) electrons. The number of pyridine rings is 1. The minimum atomic E-state index is -0.477. The maximum atomic E-state index is 11.6. The van der Waals surface area contributed by atoms with Gasteiger partial charge in [-0.25, -0.2) is 14.5 Å². The van der Waals surface area contributed by atoms with Crippen molar-refractivity contribution in [2.45, 2.75) is 26.3 Å². The lowest BCUT2D eigenvalue weighted by Crippen LogP contribution is -2.48. The third-order valence-electron chi connectivity index (χ3n) is 4.60. The van der Waals surface area contributed by atoms with Crippen LogP contribution < -0.4 is 4.90 Å². The minimum absolute atomic E-state index is 0.188. The van der Waals surface area contributed by atoms with Crippen molar-refractivity contribution in [1.82, 2.24) is 20.0 Å². The fraction of sp³-hybridized carbons (Fsp3) is 0.500. The molecule has 1 saturated carbocycles. The second-order valence-electron chi connectivity index (χ2n) is 6.50. The monoisotopic (exact) mass is 347 g/mol. The Morgan fingerprint density at radius 3 is 2.83 bits per heavy atom. The molecule has 1 saturated heterocycles. The Hall–Kier alpha value is -2.15. The molecule has 3 heterocycles. The predicted molar refractivity (Wildman–Crippen MR) is 88.2 cm³/mol. The van der Waals surface area contributed by atoms with Crippen molar-refractivity contribution in [1.29, 1.82) is 0 Å². The largest absolute Gasteiger partial charge is 0.461 e. The molecule has 0 N–H and O–H groups in total. The number of hydrogen-bond acceptors (Lipinski definition) is 6. The molecule has 1 aliphatic carbocycles. The summed E-state index contributed by atoms with van der Waals surface area (Å²) >= 11 is 6.32. The molecule has 0 atom stereocenters. The lowest BCUT2D eigenvalue weighted by atomic mass is 9.97. The summed E-state index contributed by atoms with van der Waals surface area (Å²) in [4.78, 5) is 18.4. The van der Waals surface area contributed by atoms with Crippen LogP contribution in [0.1, 0.15) is 35.8 Å². The number of halogens is 1. The molecular weight excluding hydrogens is 330 g/mol. The first-order valence-corrected chi connectivity index (χ1v) is 8.44. The van der Waals surface area contributed by atoms with Gasteiger partial charge in [-0.15, -0.1) is 5.10 Å². The second kappa shape index (κ2) is 5.73. The van der Waals surface area contributed by atoms with E-state index in [0.29, 0.717) is 23.7 Å². The highest BCUT2D eigenvalue weighted by Gasteiger charge is 2.52. The van der Waals surface area contributed by atoms with Crippen LogP contribution in [0.2, 0.25) is 5.15 Å². The molecule has 0 bridgehead atoms. The van der Waals surface area contributed by atoms with Crippen LogP contribution in [0.15, 0.2) is 18.3 Å². The number of carbonyl (C=O) groups is 1. The highest BCUT2D eigenvalue weighted by molar-refractivity contribution is 6.30. The fourth-order valence-electron chi connectivity index (χ4n) is 3.01. The fourth-order valence-corrected chi connectivity index (χ4v) is 3.22. The Labute approximate surface area is 144 Å². The first-order chi connectivity index (χ1) is 11.6. The van der Waals surface area contributed by atoms with E-state index in [1.54, 1.807) is 17.8 Å². The number of carbonyl (C=O) groups excluding carboxylic acids is 1. The van der Waals surface area contributed by atoms with Crippen LogP contribution in [0.5, 0.6) is 0 Å². The molecule has 0 aromatic carbocycles. The number of rotatable bonds is 5. The summed E-state index contributed by atoms with van der Waals surface area (Å²) in [7, 11) is 0. The molecule has 1 aliphatic heterocycles. The number of ether oxygens (including phenoxy) is 1. The summed E-state index contributed by atoms with van der Waals surface area (Å²) in [5.74, 6) is 0.446. The summed E-state index contributed by atoms with van der Waals surface area (Å²) in [6, 6.07) is 3.94. The first kappa shape index (κ1) is 15.4. The Morgan fingerprint density at radius 1 is 1.38 bits per heavy atom. The lowest BCUT2D eigenvalue weighted by molar-refractivity contribution is 0.0519. The molecule has 2 aromatic heterocycles. The maximum Gasteiger partial charge on any atom is 0.360 e. The van der Waals surface area contributed by atoms with Gasteiger partial charge in [0.2, 0.25) is 0 Å². The van der Waals surface area contributed by atoms with Gasteiger partial charge in [0.15, 0.2) is 5.69 Å². The second-order valence-corrected chi connectivity index (χ2v) is 6.86. The van der Waals surface area contributed by atoms with Gasteiger partial charge in [0.05, 0.1) is 19.3 Å². The summed E-state index contributed by atoms with van der Waals surface area (Å²) in [6.07, 6.45) is 4.23. The predicted octanol–water partition coefficient (Wildman–Crippen LogP) is 2.15. The first-order valence-electron chi connectivity index (χ1n) is 8.06. The third-order valence-corrected chi connectivity index (χ3v) is 4.93. The van der Waals surface area contributed by atoms with Crippen LogP contribution in [-0.2, 0) is 11.3 Å². The van der Waals surface area contributed by atoms with E-state index in [-0.39, 0.29) is 5.69 Å². The molecule has 0 amide bonds. The van der Waals surface area contributed by atoms with Crippen LogP contribution >= 0.6 is 11.6 Å². The summed E-state index contributed by atoms with van der Waals surface area (Å²) in [6.45, 7) is 4.63. The smallest absolute Gasteiger partial charge is 0.360 e. The molecule has 4 rings (SSSR count). The Balaban J connectivity index is 1.44. The van der Waals surface area contributed by atoms with Gasteiger partial charge in [0.25, 0.3) is 0 Å². The van der Waals surface area contributed by atoms with Gasteiger partial charge in [-0.3, -0.25) is 0 Å². The van der Waals surface area contributed by atoms with E-state index in [9.17, 15) is 4.79 Å². The average molecular weight is 348 g/mol. The highest BCUT2D eigenvalue weighted by atomic mass is 35.5. The number of hydrogen-bond donors (Lipinski definition) is 0. The van der Waals surface area contributed by atoms with Crippen LogP contribution in [0.4, 0.5) is 5.82 Å². The van der Waals surface area contributed by atoms with E-state index in [4.69, 9.17) is 16.3 Å². The van der Waals surface area contributed by atoms with E-state index in [2.05, 4.69) is 20.2 Å². The van der Waals surface area contributed by atoms with Crippen molar-refractivity contribution in [3.05, 3.63) is 34.7 Å². The maximum absolute atomic E-state index is 11.6. The summed E-state index contributed by atoms with van der Waals surface area (Å²) in [5, 5.41) is 8.21. The third kappa shape index (κ3) is 2.84. The zero-order chi connectivity index (χ0) is 16.7. The van der Waals surface area contributed by atoms with Gasteiger partial charge in [0.1, 0.15) is 11.0 Å². The standard InChI is InChI=1S/C16H18ClN5O2/c1-2-24-15(23)12-8-22(20-19-12)7-11-3-4-13(18-14(11)17)21-9-16(10-21)5-6-16/h3-4,8H,2,5-7,9-10H2,1H3. The molecule has 7 nitrogen and oxygen atoms in total. The SMILES string of the molecule is CCOC(=O)c1cn(Cc2ccc(N3CC4(CC4)C3)nc2Cl)nn1. The van der Waals surface area contributed by atoms with Crippen molar-refractivity contribution in [2.24, 2.45) is 5.41 Å². The van der Waals surface area contributed by atoms with E-state index in [0.717, 1.165) is 24.5 Å². The van der Waals surface area contributed by atoms with Crippen LogP contribution in [-0.4, -0.2) is 45.6 Å². The number of esters is 1. The molecule has 0 unspecified atom stereocenters. The number of anilines is 1. The zero-order valence-electron chi connectivity index (χ0n) is 13.4. The molecule has 2 aromatic rings. The topological polar surface area (TPSA) is 73.1 Å². The van der Waals surface area contributed by atoms with Crippen molar-refractivity contribution < 1.29 is 9.53 Å². The quantitative estimate of drug-likeness (QED) is 0.609. The number of nitrogens with zero attached hydrogens (tertiary/aromatic N) is 5.